The van der Waals surface area contributed by atoms with Crippen molar-refractivity contribution in [3.63, 3.8) is 0 Å². The van der Waals surface area contributed by atoms with Crippen LogP contribution >= 0.6 is 0 Å². The third-order valence-electron chi connectivity index (χ3n) is 4.96. The van der Waals surface area contributed by atoms with Crippen LogP contribution in [0.3, 0.4) is 0 Å². The van der Waals surface area contributed by atoms with E-state index in [1.807, 2.05) is 0 Å². The van der Waals surface area contributed by atoms with E-state index in [1.54, 1.807) is 0 Å². The SMILES string of the molecule is CCC.Cc1cc(C)c(C)cc1C.Cc1ccccc1C.Cc1ccccc1C. The molecule has 0 aliphatic carbocycles. The summed E-state index contributed by atoms with van der Waals surface area (Å²) < 4.78 is 0. The second-order valence-corrected chi connectivity index (χ2v) is 7.90. The maximum absolute atomic E-state index is 2.24. The lowest BCUT2D eigenvalue weighted by Gasteiger charge is -2.04. The van der Waals surface area contributed by atoms with Crippen LogP contribution in [0, 0.1) is 55.4 Å². The zero-order chi connectivity index (χ0) is 22.4. The molecule has 0 amide bonds. The largest absolute Gasteiger partial charge is 0.0656 e. The van der Waals surface area contributed by atoms with Crippen molar-refractivity contribution in [2.24, 2.45) is 0 Å². The Morgan fingerprint density at radius 2 is 0.552 bits per heavy atom. The standard InChI is InChI=1S/C10H14.2C8H10.C3H8/c1-7-5-9(3)10(4)6-8(7)2;2*1-7-5-3-4-6-8(7)2;1-3-2/h5-6H,1-4H3;2*3-6H,1-2H3;3H2,1-2H3. The first-order valence-electron chi connectivity index (χ1n) is 10.7. The molecule has 0 atom stereocenters. The molecule has 3 rings (SSSR count). The first-order valence-corrected chi connectivity index (χ1v) is 10.7. The van der Waals surface area contributed by atoms with Gasteiger partial charge < -0.3 is 0 Å². The van der Waals surface area contributed by atoms with Gasteiger partial charge in [-0.2, -0.15) is 0 Å². The van der Waals surface area contributed by atoms with Gasteiger partial charge in [-0.25, -0.2) is 0 Å². The first-order chi connectivity index (χ1) is 13.6. The molecule has 0 heterocycles. The topological polar surface area (TPSA) is 0 Å². The number of rotatable bonds is 0. The van der Waals surface area contributed by atoms with E-state index < -0.39 is 0 Å². The van der Waals surface area contributed by atoms with Gasteiger partial charge in [0.05, 0.1) is 0 Å². The van der Waals surface area contributed by atoms with Crippen LogP contribution in [0.2, 0.25) is 0 Å². The average molecular weight is 391 g/mol. The molecule has 0 saturated heterocycles. The van der Waals surface area contributed by atoms with Crippen molar-refractivity contribution < 1.29 is 0 Å². The summed E-state index contributed by atoms with van der Waals surface area (Å²) in [4.78, 5) is 0. The molecule has 0 nitrogen and oxygen atoms in total. The average Bonchev–Trinajstić information content (AvgIpc) is 2.67. The van der Waals surface area contributed by atoms with E-state index in [1.165, 1.54) is 50.9 Å². The predicted octanol–water partition coefficient (Wildman–Crippen LogP) is 8.94. The molecule has 0 N–H and O–H groups in total. The fraction of sp³-hybridized carbons (Fsp3) is 0.379. The van der Waals surface area contributed by atoms with Gasteiger partial charge in [-0.05, 0) is 99.9 Å². The van der Waals surface area contributed by atoms with Crippen LogP contribution in [0.25, 0.3) is 0 Å². The Morgan fingerprint density at radius 1 is 0.379 bits per heavy atom. The number of aryl methyl sites for hydroxylation is 8. The summed E-state index contributed by atoms with van der Waals surface area (Å²) in [5.41, 5.74) is 11.0. The highest BCUT2D eigenvalue weighted by Crippen LogP contribution is 2.13. The summed E-state index contributed by atoms with van der Waals surface area (Å²) >= 11 is 0. The molecule has 0 aliphatic heterocycles. The van der Waals surface area contributed by atoms with E-state index in [0.29, 0.717) is 0 Å². The van der Waals surface area contributed by atoms with E-state index in [4.69, 9.17) is 0 Å². The lowest BCUT2D eigenvalue weighted by Crippen LogP contribution is -1.86. The van der Waals surface area contributed by atoms with Gasteiger partial charge in [0, 0.05) is 0 Å². The van der Waals surface area contributed by atoms with Gasteiger partial charge in [0.1, 0.15) is 0 Å². The Morgan fingerprint density at radius 3 is 0.690 bits per heavy atom. The fourth-order valence-electron chi connectivity index (χ4n) is 2.43. The first kappa shape index (κ1) is 26.7. The summed E-state index contributed by atoms with van der Waals surface area (Å²) in [6, 6.07) is 21.2. The smallest absolute Gasteiger partial charge is 0.0395 e. The van der Waals surface area contributed by atoms with Crippen LogP contribution in [0.1, 0.15) is 64.8 Å². The monoisotopic (exact) mass is 390 g/mol. The second-order valence-electron chi connectivity index (χ2n) is 7.90. The highest BCUT2D eigenvalue weighted by molar-refractivity contribution is 5.35. The van der Waals surface area contributed by atoms with Gasteiger partial charge in [-0.15, -0.1) is 0 Å². The quantitative estimate of drug-likeness (QED) is 0.359. The van der Waals surface area contributed by atoms with E-state index in [0.717, 1.165) is 0 Å². The van der Waals surface area contributed by atoms with Crippen molar-refractivity contribution >= 4 is 0 Å². The Kier molecular flexibility index (Phi) is 13.4. The van der Waals surface area contributed by atoms with Crippen LogP contribution < -0.4 is 0 Å². The van der Waals surface area contributed by atoms with Crippen molar-refractivity contribution in [3.05, 3.63) is 105 Å². The zero-order valence-electron chi connectivity index (χ0n) is 20.5. The fourth-order valence-corrected chi connectivity index (χ4v) is 2.43. The molecule has 3 aromatic carbocycles. The molecule has 0 radical (unpaired) electrons. The van der Waals surface area contributed by atoms with E-state index in [2.05, 4.69) is 130 Å². The van der Waals surface area contributed by atoms with Crippen LogP contribution in [0.4, 0.5) is 0 Å². The van der Waals surface area contributed by atoms with Crippen LogP contribution in [0.15, 0.2) is 60.7 Å². The maximum atomic E-state index is 2.24. The molecule has 0 spiro atoms. The summed E-state index contributed by atoms with van der Waals surface area (Å²) in [6.07, 6.45) is 1.25. The molecule has 0 bridgehead atoms. The molecule has 0 fully saturated rings. The molecular formula is C29H42. The molecule has 0 aromatic heterocycles. The third-order valence-corrected chi connectivity index (χ3v) is 4.96. The Hall–Kier alpha value is -2.34. The van der Waals surface area contributed by atoms with Crippen LogP contribution in [-0.2, 0) is 0 Å². The maximum Gasteiger partial charge on any atom is -0.0395 e. The van der Waals surface area contributed by atoms with E-state index >= 15 is 0 Å². The Bertz CT molecular complexity index is 705. The van der Waals surface area contributed by atoms with Gasteiger partial charge in [0.2, 0.25) is 0 Å². The zero-order valence-corrected chi connectivity index (χ0v) is 20.5. The van der Waals surface area contributed by atoms with Crippen LogP contribution in [0.5, 0.6) is 0 Å². The summed E-state index contributed by atoms with van der Waals surface area (Å²) in [7, 11) is 0. The van der Waals surface area contributed by atoms with E-state index in [-0.39, 0.29) is 0 Å². The predicted molar refractivity (Wildman–Crippen MR) is 133 cm³/mol. The minimum absolute atomic E-state index is 1.25. The lowest BCUT2D eigenvalue weighted by atomic mass is 10.0. The molecule has 158 valence electrons. The van der Waals surface area contributed by atoms with Crippen molar-refractivity contribution in [3.8, 4) is 0 Å². The van der Waals surface area contributed by atoms with Crippen molar-refractivity contribution in [1.82, 2.24) is 0 Å². The van der Waals surface area contributed by atoms with Crippen molar-refractivity contribution in [1.29, 1.82) is 0 Å². The highest BCUT2D eigenvalue weighted by atomic mass is 14.0. The molecule has 0 heteroatoms. The normalized spacial score (nSPS) is 9.17. The molecule has 0 unspecified atom stereocenters. The number of hydrogen-bond donors (Lipinski definition) is 0. The van der Waals surface area contributed by atoms with Crippen molar-refractivity contribution in [2.45, 2.75) is 75.7 Å². The van der Waals surface area contributed by atoms with Crippen LogP contribution in [-0.4, -0.2) is 0 Å². The molecule has 29 heavy (non-hydrogen) atoms. The molecule has 3 aromatic rings. The minimum atomic E-state index is 1.25. The van der Waals surface area contributed by atoms with Gasteiger partial charge in [0.15, 0.2) is 0 Å². The number of hydrogen-bond acceptors (Lipinski definition) is 0. The molecule has 0 aliphatic rings. The molecule has 0 saturated carbocycles. The lowest BCUT2D eigenvalue weighted by molar-refractivity contribution is 1.09. The van der Waals surface area contributed by atoms with E-state index in [9.17, 15) is 0 Å². The Labute approximate surface area is 181 Å². The molecular weight excluding hydrogens is 348 g/mol. The second kappa shape index (κ2) is 14.6. The summed E-state index contributed by atoms with van der Waals surface area (Å²) in [5, 5.41) is 0. The highest BCUT2D eigenvalue weighted by Gasteiger charge is 1.95. The third kappa shape index (κ3) is 11.3. The van der Waals surface area contributed by atoms with Gasteiger partial charge in [0.25, 0.3) is 0 Å². The minimum Gasteiger partial charge on any atom is -0.0656 e. The Balaban J connectivity index is 0.000000382. The number of benzene rings is 3. The van der Waals surface area contributed by atoms with Gasteiger partial charge in [-0.1, -0.05) is 80.9 Å². The summed E-state index contributed by atoms with van der Waals surface area (Å²) in [6.45, 7) is 21.3. The van der Waals surface area contributed by atoms with Crippen molar-refractivity contribution in [2.75, 3.05) is 0 Å². The summed E-state index contributed by atoms with van der Waals surface area (Å²) in [5.74, 6) is 0. The van der Waals surface area contributed by atoms with Gasteiger partial charge in [-0.3, -0.25) is 0 Å². The van der Waals surface area contributed by atoms with Gasteiger partial charge >= 0.3 is 0 Å².